The van der Waals surface area contributed by atoms with E-state index in [1.54, 1.807) is 0 Å². The fraction of sp³-hybridized carbons (Fsp3) is 0.838. The number of hydrogen-bond acceptors (Lipinski definition) is 6. The molecule has 5 aliphatic rings. The van der Waals surface area contributed by atoms with Crippen molar-refractivity contribution in [2.45, 2.75) is 129 Å². The maximum atomic E-state index is 12.6. The molecule has 1 heterocycles. The van der Waals surface area contributed by atoms with Gasteiger partial charge < -0.3 is 19.9 Å². The predicted molar refractivity (Wildman–Crippen MR) is 183 cm³/mol. The Labute approximate surface area is 276 Å². The summed E-state index contributed by atoms with van der Waals surface area (Å²) in [6, 6.07) is -0.0668. The molecule has 7 nitrogen and oxygen atoms in total. The number of hydrogen-bond donors (Lipinski definition) is 4. The summed E-state index contributed by atoms with van der Waals surface area (Å²) in [7, 11) is 1.00. The lowest BCUT2D eigenvalue weighted by Crippen LogP contribution is -2.56. The SMILES string of the molecule is CC[C@H]1CC2C3CC[C@H](CCCNC(=O)NSC4C=CC(c5cnc(C)o5)CC4C)C3(C)CC[C@@H]2C2(C)CC[C@@H](O)CC12.CO. The van der Waals surface area contributed by atoms with Crippen LogP contribution < -0.4 is 10.0 Å². The van der Waals surface area contributed by atoms with Crippen LogP contribution in [0.25, 0.3) is 0 Å². The normalized spacial score (nSPS) is 42.0. The molecule has 0 aliphatic heterocycles. The van der Waals surface area contributed by atoms with E-state index in [0.717, 1.165) is 80.6 Å². The number of aliphatic hydroxyl groups excluding tert-OH is 2. The summed E-state index contributed by atoms with van der Waals surface area (Å²) in [6.07, 6.45) is 20.9. The maximum absolute atomic E-state index is 12.6. The number of fused-ring (bicyclic) bond motifs is 5. The molecule has 4 saturated carbocycles. The van der Waals surface area contributed by atoms with Gasteiger partial charge in [0.2, 0.25) is 0 Å². The van der Waals surface area contributed by atoms with Gasteiger partial charge in [0, 0.05) is 31.7 Å². The van der Waals surface area contributed by atoms with E-state index in [-0.39, 0.29) is 23.3 Å². The minimum Gasteiger partial charge on any atom is -0.445 e. The topological polar surface area (TPSA) is 108 Å². The summed E-state index contributed by atoms with van der Waals surface area (Å²) in [6.45, 7) is 12.5. The average molecular weight is 644 g/mol. The molecule has 0 spiro atoms. The van der Waals surface area contributed by atoms with Gasteiger partial charge in [0.1, 0.15) is 5.76 Å². The number of oxazole rings is 1. The van der Waals surface area contributed by atoms with Gasteiger partial charge >= 0.3 is 6.03 Å². The third-order valence-electron chi connectivity index (χ3n) is 13.6. The average Bonchev–Trinajstić information content (AvgIpc) is 3.62. The Bertz CT molecular complexity index is 1160. The number of nitrogens with one attached hydrogen (secondary N) is 2. The molecule has 45 heavy (non-hydrogen) atoms. The van der Waals surface area contributed by atoms with Crippen LogP contribution in [0.4, 0.5) is 4.79 Å². The van der Waals surface area contributed by atoms with E-state index >= 15 is 0 Å². The lowest BCUT2D eigenvalue weighted by molar-refractivity contribution is -0.150. The molecular weight excluding hydrogens is 582 g/mol. The van der Waals surface area contributed by atoms with Crippen LogP contribution in [0, 0.1) is 59.2 Å². The van der Waals surface area contributed by atoms with E-state index in [0.29, 0.717) is 22.6 Å². The minimum atomic E-state index is -0.0710. The van der Waals surface area contributed by atoms with E-state index in [1.807, 2.05) is 13.1 Å². The molecule has 5 aliphatic carbocycles. The molecule has 0 radical (unpaired) electrons. The van der Waals surface area contributed by atoms with Crippen molar-refractivity contribution in [2.24, 2.45) is 52.3 Å². The third kappa shape index (κ3) is 7.04. The van der Waals surface area contributed by atoms with Gasteiger partial charge in [-0.15, -0.1) is 0 Å². The van der Waals surface area contributed by atoms with Crippen LogP contribution in [-0.4, -0.2) is 46.2 Å². The standard InChI is InChI=1S/C36H57N3O3S.CH4O/c1-6-24-19-28-29-11-10-26(35(29,4)16-14-30(28)36(5)15-13-27(40)20-31(24)36)8-7-17-37-34(41)39-43-33-12-9-25(18-22(33)2)32-21-38-23(3)42-32;1-2/h9,12,21-22,24-31,33,40H,6-8,10-11,13-20H2,1-5H3,(H2,37,39,41);2H,1H3/t22?,24-,25?,26-,27+,28?,29?,30-,31?,33?,35?,36?;/m0./s1. The van der Waals surface area contributed by atoms with Crippen LogP contribution in [0.5, 0.6) is 0 Å². The van der Waals surface area contributed by atoms with E-state index in [4.69, 9.17) is 9.52 Å². The molecule has 12 atom stereocenters. The Morgan fingerprint density at radius 2 is 1.80 bits per heavy atom. The molecule has 0 saturated heterocycles. The van der Waals surface area contributed by atoms with E-state index in [2.05, 4.69) is 54.9 Å². The van der Waals surface area contributed by atoms with Crippen LogP contribution in [0.2, 0.25) is 0 Å². The second kappa shape index (κ2) is 14.7. The number of urea groups is 1. The van der Waals surface area contributed by atoms with Crippen molar-refractivity contribution < 1.29 is 19.4 Å². The lowest BCUT2D eigenvalue weighted by Gasteiger charge is -2.63. The van der Waals surface area contributed by atoms with E-state index < -0.39 is 0 Å². The Morgan fingerprint density at radius 3 is 2.51 bits per heavy atom. The van der Waals surface area contributed by atoms with Crippen LogP contribution >= 0.6 is 11.9 Å². The van der Waals surface area contributed by atoms with E-state index in [9.17, 15) is 9.90 Å². The van der Waals surface area contributed by atoms with E-state index in [1.165, 1.54) is 63.3 Å². The first kappa shape index (κ1) is 34.8. The smallest absolute Gasteiger partial charge is 0.324 e. The summed E-state index contributed by atoms with van der Waals surface area (Å²) < 4.78 is 8.79. The number of aryl methyl sites for hydroxylation is 1. The minimum absolute atomic E-state index is 0.0668. The Kier molecular flexibility index (Phi) is 11.4. The highest BCUT2D eigenvalue weighted by molar-refractivity contribution is 7.98. The quantitative estimate of drug-likeness (QED) is 0.130. The van der Waals surface area contributed by atoms with Gasteiger partial charge in [-0.3, -0.25) is 4.72 Å². The molecule has 1 aromatic rings. The van der Waals surface area contributed by atoms with Gasteiger partial charge in [-0.05, 0) is 135 Å². The number of amides is 2. The zero-order valence-corrected chi connectivity index (χ0v) is 29.6. The third-order valence-corrected chi connectivity index (χ3v) is 14.8. The summed E-state index contributed by atoms with van der Waals surface area (Å²) in [4.78, 5) is 16.9. The molecule has 8 unspecified atom stereocenters. The summed E-state index contributed by atoms with van der Waals surface area (Å²) >= 11 is 1.52. The second-order valence-electron chi connectivity index (χ2n) is 15.7. The largest absolute Gasteiger partial charge is 0.445 e. The van der Waals surface area contributed by atoms with Crippen LogP contribution in [-0.2, 0) is 0 Å². The molecule has 1 aromatic heterocycles. The van der Waals surface area contributed by atoms with Gasteiger partial charge in [0.15, 0.2) is 5.89 Å². The van der Waals surface area contributed by atoms with Crippen LogP contribution in [0.3, 0.4) is 0 Å². The number of carbonyl (C=O) groups is 1. The van der Waals surface area contributed by atoms with Crippen LogP contribution in [0.1, 0.15) is 122 Å². The number of allylic oxidation sites excluding steroid dienone is 1. The monoisotopic (exact) mass is 643 g/mol. The number of nitrogens with zero attached hydrogens (tertiary/aromatic N) is 1. The van der Waals surface area contributed by atoms with Crippen molar-refractivity contribution in [3.05, 3.63) is 30.0 Å². The molecule has 2 amide bonds. The van der Waals surface area contributed by atoms with Crippen molar-refractivity contribution in [1.82, 2.24) is 15.0 Å². The Hall–Kier alpha value is -1.51. The highest BCUT2D eigenvalue weighted by atomic mass is 32.2. The summed E-state index contributed by atoms with van der Waals surface area (Å²) in [5, 5.41) is 20.9. The number of aliphatic hydroxyl groups is 2. The van der Waals surface area contributed by atoms with Crippen molar-refractivity contribution >= 4 is 18.0 Å². The molecule has 4 fully saturated rings. The predicted octanol–water partition coefficient (Wildman–Crippen LogP) is 8.02. The van der Waals surface area contributed by atoms with Crippen LogP contribution in [0.15, 0.2) is 22.8 Å². The fourth-order valence-corrected chi connectivity index (χ4v) is 12.0. The Balaban J connectivity index is 0.00000196. The highest BCUT2D eigenvalue weighted by Gasteiger charge is 2.61. The number of rotatable bonds is 8. The molecule has 0 aromatic carbocycles. The molecule has 8 heteroatoms. The zero-order valence-electron chi connectivity index (χ0n) is 28.8. The van der Waals surface area contributed by atoms with Gasteiger partial charge in [0.05, 0.1) is 12.3 Å². The van der Waals surface area contributed by atoms with Gasteiger partial charge in [-0.1, -0.05) is 46.3 Å². The molecule has 254 valence electrons. The number of aromatic nitrogens is 1. The summed E-state index contributed by atoms with van der Waals surface area (Å²) in [5.74, 6) is 7.22. The van der Waals surface area contributed by atoms with Gasteiger partial charge in [-0.25, -0.2) is 9.78 Å². The fourth-order valence-electron chi connectivity index (χ4n) is 11.2. The first-order valence-corrected chi connectivity index (χ1v) is 18.9. The van der Waals surface area contributed by atoms with Crippen molar-refractivity contribution in [3.63, 3.8) is 0 Å². The first-order chi connectivity index (χ1) is 21.6. The van der Waals surface area contributed by atoms with Gasteiger partial charge in [-0.2, -0.15) is 0 Å². The number of carbonyl (C=O) groups excluding carboxylic acids is 1. The molecule has 6 rings (SSSR count). The lowest BCUT2D eigenvalue weighted by atomic mass is 9.42. The first-order valence-electron chi connectivity index (χ1n) is 18.0. The molecular formula is C37H61N3O4S. The molecule has 4 N–H and O–H groups in total. The second-order valence-corrected chi connectivity index (χ2v) is 16.7. The van der Waals surface area contributed by atoms with Crippen molar-refractivity contribution in [3.8, 4) is 0 Å². The Morgan fingerprint density at radius 1 is 1.04 bits per heavy atom. The maximum Gasteiger partial charge on any atom is 0.324 e. The van der Waals surface area contributed by atoms with Crippen molar-refractivity contribution in [1.29, 1.82) is 0 Å². The zero-order chi connectivity index (χ0) is 32.4. The van der Waals surface area contributed by atoms with Crippen molar-refractivity contribution in [2.75, 3.05) is 13.7 Å². The summed E-state index contributed by atoms with van der Waals surface area (Å²) in [5.41, 5.74) is 0.890. The molecule has 0 bridgehead atoms. The highest BCUT2D eigenvalue weighted by Crippen LogP contribution is 2.69. The van der Waals surface area contributed by atoms with Gasteiger partial charge in [0.25, 0.3) is 0 Å².